The smallest absolute Gasteiger partial charge is 0.322 e. The number of carbonyl (C=O) groups is 1. The quantitative estimate of drug-likeness (QED) is 0.829. The Labute approximate surface area is 154 Å². The first-order valence-corrected chi connectivity index (χ1v) is 9.54. The molecular weight excluding hydrogens is 380 g/mol. The number of halogens is 2. The normalized spacial score (nSPS) is 17.6. The summed E-state index contributed by atoms with van der Waals surface area (Å²) in [6, 6.07) is 8.13. The van der Waals surface area contributed by atoms with Crippen LogP contribution in [0.4, 0.5) is 19.3 Å². The molecule has 2 aromatic carbocycles. The summed E-state index contributed by atoms with van der Waals surface area (Å²) < 4.78 is 55.0. The van der Waals surface area contributed by atoms with Gasteiger partial charge in [0.15, 0.2) is 0 Å². The molecule has 1 saturated heterocycles. The molecule has 10 heteroatoms. The van der Waals surface area contributed by atoms with E-state index in [9.17, 15) is 22.0 Å². The molecule has 1 unspecified atom stereocenters. The number of hydrogen-bond donors (Lipinski definition) is 2. The summed E-state index contributed by atoms with van der Waals surface area (Å²) in [4.78, 5) is 13.8. The highest BCUT2D eigenvalue weighted by Gasteiger charge is 2.27. The average Bonchev–Trinajstić information content (AvgIpc) is 2.61. The maximum atomic E-state index is 13.9. The summed E-state index contributed by atoms with van der Waals surface area (Å²) in [7, 11) is -3.82. The van der Waals surface area contributed by atoms with Crippen molar-refractivity contribution in [3.05, 3.63) is 59.7 Å². The van der Waals surface area contributed by atoms with Crippen molar-refractivity contribution in [3.63, 3.8) is 0 Å². The SMILES string of the molecule is NS(=O)(=O)c1ccc(NC(=O)N2CCOC(c3ccc(F)cc3F)C2)cc1. The molecule has 1 heterocycles. The van der Waals surface area contributed by atoms with Crippen molar-refractivity contribution in [3.8, 4) is 0 Å². The first-order chi connectivity index (χ1) is 12.7. The van der Waals surface area contributed by atoms with E-state index in [-0.39, 0.29) is 23.6 Å². The zero-order valence-corrected chi connectivity index (χ0v) is 14.9. The van der Waals surface area contributed by atoms with Gasteiger partial charge in [0.05, 0.1) is 18.0 Å². The van der Waals surface area contributed by atoms with Gasteiger partial charge in [0.1, 0.15) is 17.7 Å². The number of ether oxygens (including phenoxy) is 1. The van der Waals surface area contributed by atoms with Crippen molar-refractivity contribution in [1.29, 1.82) is 0 Å². The van der Waals surface area contributed by atoms with E-state index < -0.39 is 33.8 Å². The number of morpholine rings is 1. The number of amides is 2. The Bertz CT molecular complexity index is 951. The van der Waals surface area contributed by atoms with E-state index in [4.69, 9.17) is 9.88 Å². The minimum Gasteiger partial charge on any atom is -0.370 e. The van der Waals surface area contributed by atoms with Gasteiger partial charge in [0, 0.05) is 23.9 Å². The number of nitrogens with zero attached hydrogens (tertiary/aromatic N) is 1. The molecule has 2 amide bonds. The van der Waals surface area contributed by atoms with Gasteiger partial charge in [0.25, 0.3) is 0 Å². The van der Waals surface area contributed by atoms with Crippen molar-refractivity contribution in [2.75, 3.05) is 25.0 Å². The van der Waals surface area contributed by atoms with Gasteiger partial charge in [-0.25, -0.2) is 27.1 Å². The number of anilines is 1. The van der Waals surface area contributed by atoms with E-state index in [0.29, 0.717) is 12.2 Å². The molecule has 0 spiro atoms. The predicted octanol–water partition coefficient (Wildman–Crippen LogP) is 2.22. The lowest BCUT2D eigenvalue weighted by molar-refractivity contribution is -0.0152. The third kappa shape index (κ3) is 4.59. The summed E-state index contributed by atoms with van der Waals surface area (Å²) >= 11 is 0. The van der Waals surface area contributed by atoms with Crippen LogP contribution in [-0.4, -0.2) is 39.0 Å². The van der Waals surface area contributed by atoms with Crippen LogP contribution in [0.25, 0.3) is 0 Å². The van der Waals surface area contributed by atoms with Crippen LogP contribution in [0, 0.1) is 11.6 Å². The molecule has 3 N–H and O–H groups in total. The van der Waals surface area contributed by atoms with E-state index in [1.54, 1.807) is 0 Å². The van der Waals surface area contributed by atoms with Crippen LogP contribution in [0.1, 0.15) is 11.7 Å². The molecule has 144 valence electrons. The molecule has 0 bridgehead atoms. The minimum atomic E-state index is -3.82. The van der Waals surface area contributed by atoms with E-state index >= 15 is 0 Å². The number of carbonyl (C=O) groups excluding carboxylic acids is 1. The summed E-state index contributed by atoms with van der Waals surface area (Å²) in [6.45, 7) is 0.573. The van der Waals surface area contributed by atoms with Crippen molar-refractivity contribution < 1.29 is 26.7 Å². The number of urea groups is 1. The number of hydrogen-bond acceptors (Lipinski definition) is 4. The lowest BCUT2D eigenvalue weighted by Crippen LogP contribution is -2.44. The second kappa shape index (κ2) is 7.59. The lowest BCUT2D eigenvalue weighted by atomic mass is 10.1. The van der Waals surface area contributed by atoms with Crippen molar-refractivity contribution in [2.24, 2.45) is 5.14 Å². The van der Waals surface area contributed by atoms with Gasteiger partial charge in [-0.1, -0.05) is 6.07 Å². The number of primary sulfonamides is 1. The Morgan fingerprint density at radius 3 is 2.52 bits per heavy atom. The standard InChI is InChI=1S/C17H17F2N3O4S/c18-11-1-6-14(15(19)9-11)16-10-22(7-8-26-16)17(23)21-12-2-4-13(5-3-12)27(20,24)25/h1-6,9,16H,7-8,10H2,(H,21,23)(H2,20,24,25). The molecule has 7 nitrogen and oxygen atoms in total. The van der Waals surface area contributed by atoms with Gasteiger partial charge in [-0.15, -0.1) is 0 Å². The Morgan fingerprint density at radius 2 is 1.89 bits per heavy atom. The highest BCUT2D eigenvalue weighted by atomic mass is 32.2. The zero-order valence-electron chi connectivity index (χ0n) is 14.1. The van der Waals surface area contributed by atoms with Gasteiger partial charge in [-0.05, 0) is 30.3 Å². The van der Waals surface area contributed by atoms with Gasteiger partial charge in [-0.3, -0.25) is 0 Å². The number of benzene rings is 2. The van der Waals surface area contributed by atoms with Gasteiger partial charge in [0.2, 0.25) is 10.0 Å². The van der Waals surface area contributed by atoms with Crippen LogP contribution >= 0.6 is 0 Å². The first kappa shape index (κ1) is 19.2. The lowest BCUT2D eigenvalue weighted by Gasteiger charge is -2.33. The highest BCUT2D eigenvalue weighted by Crippen LogP contribution is 2.25. The molecule has 1 fully saturated rings. The fourth-order valence-electron chi connectivity index (χ4n) is 2.72. The average molecular weight is 397 g/mol. The van der Waals surface area contributed by atoms with Gasteiger partial charge in [-0.2, -0.15) is 0 Å². The second-order valence-corrected chi connectivity index (χ2v) is 7.53. The molecule has 0 aromatic heterocycles. The van der Waals surface area contributed by atoms with Crippen molar-refractivity contribution in [2.45, 2.75) is 11.0 Å². The van der Waals surface area contributed by atoms with E-state index in [0.717, 1.165) is 12.1 Å². The molecular formula is C17H17F2N3O4S. The molecule has 2 aromatic rings. The Hall–Kier alpha value is -2.56. The van der Waals surface area contributed by atoms with E-state index in [1.807, 2.05) is 0 Å². The Kier molecular flexibility index (Phi) is 5.40. The van der Waals surface area contributed by atoms with Gasteiger partial charge >= 0.3 is 6.03 Å². The monoisotopic (exact) mass is 397 g/mol. The maximum Gasteiger partial charge on any atom is 0.322 e. The Balaban J connectivity index is 1.68. The fourth-order valence-corrected chi connectivity index (χ4v) is 3.23. The molecule has 27 heavy (non-hydrogen) atoms. The number of sulfonamides is 1. The Morgan fingerprint density at radius 1 is 1.19 bits per heavy atom. The van der Waals surface area contributed by atoms with E-state index in [2.05, 4.69) is 5.32 Å². The van der Waals surface area contributed by atoms with E-state index in [1.165, 1.54) is 35.2 Å². The summed E-state index contributed by atoms with van der Waals surface area (Å²) in [5, 5.41) is 7.65. The van der Waals surface area contributed by atoms with Crippen LogP contribution in [0.3, 0.4) is 0 Å². The van der Waals surface area contributed by atoms with Gasteiger partial charge < -0.3 is 15.0 Å². The van der Waals surface area contributed by atoms with Crippen molar-refractivity contribution in [1.82, 2.24) is 4.90 Å². The summed E-state index contributed by atoms with van der Waals surface area (Å²) in [5.41, 5.74) is 0.551. The van der Waals surface area contributed by atoms with Crippen LogP contribution in [0.2, 0.25) is 0 Å². The summed E-state index contributed by atoms with van der Waals surface area (Å²) in [6.07, 6.45) is -0.713. The minimum absolute atomic E-state index is 0.0706. The number of nitrogens with one attached hydrogen (secondary N) is 1. The maximum absolute atomic E-state index is 13.9. The molecule has 3 rings (SSSR count). The highest BCUT2D eigenvalue weighted by molar-refractivity contribution is 7.89. The predicted molar refractivity (Wildman–Crippen MR) is 93.5 cm³/mol. The number of rotatable bonds is 3. The molecule has 0 saturated carbocycles. The van der Waals surface area contributed by atoms with Crippen LogP contribution in [0.5, 0.6) is 0 Å². The fraction of sp³-hybridized carbons (Fsp3) is 0.235. The third-order valence-electron chi connectivity index (χ3n) is 4.10. The van der Waals surface area contributed by atoms with Crippen LogP contribution in [-0.2, 0) is 14.8 Å². The largest absolute Gasteiger partial charge is 0.370 e. The molecule has 1 atom stereocenters. The molecule has 1 aliphatic heterocycles. The zero-order chi connectivity index (χ0) is 19.6. The topological polar surface area (TPSA) is 102 Å². The van der Waals surface area contributed by atoms with Crippen LogP contribution < -0.4 is 10.5 Å². The molecule has 0 radical (unpaired) electrons. The number of nitrogens with two attached hydrogens (primary N) is 1. The second-order valence-electron chi connectivity index (χ2n) is 5.97. The molecule has 1 aliphatic rings. The third-order valence-corrected chi connectivity index (χ3v) is 5.03. The molecule has 0 aliphatic carbocycles. The first-order valence-electron chi connectivity index (χ1n) is 7.99. The van der Waals surface area contributed by atoms with Crippen LogP contribution in [0.15, 0.2) is 47.4 Å². The summed E-state index contributed by atoms with van der Waals surface area (Å²) in [5.74, 6) is -1.43. The van der Waals surface area contributed by atoms with Crippen molar-refractivity contribution >= 4 is 21.7 Å².